The van der Waals surface area contributed by atoms with Gasteiger partial charge >= 0.3 is 0 Å². The topological polar surface area (TPSA) is 55.1 Å². The first-order valence-electron chi connectivity index (χ1n) is 12.6. The summed E-state index contributed by atoms with van der Waals surface area (Å²) in [4.78, 5) is 13.3. The predicted molar refractivity (Wildman–Crippen MR) is 123 cm³/mol. The zero-order chi connectivity index (χ0) is 22.0. The fraction of sp³-hybridized carbons (Fsp3) is 0.846. The molecule has 0 radical (unpaired) electrons. The number of hydrogen-bond acceptors (Lipinski definition) is 3. The molecule has 172 valence electrons. The quantitative estimate of drug-likeness (QED) is 0.625. The fourth-order valence-electron chi connectivity index (χ4n) is 9.17. The van der Waals surface area contributed by atoms with E-state index in [1.165, 1.54) is 44.9 Å². The van der Waals surface area contributed by atoms with Gasteiger partial charge in [-0.05, 0) is 106 Å². The molecule has 4 aliphatic carbocycles. The minimum atomic E-state index is -0.473. The van der Waals surface area contributed by atoms with E-state index in [0.717, 1.165) is 31.1 Å². The maximum atomic E-state index is 13.3. The molecule has 1 aromatic heterocycles. The van der Waals surface area contributed by atoms with Gasteiger partial charge in [0, 0.05) is 12.1 Å². The molecule has 5 rings (SSSR count). The first-order chi connectivity index (χ1) is 14.7. The Hall–Kier alpha value is -0.870. The van der Waals surface area contributed by atoms with Crippen molar-refractivity contribution in [1.82, 2.24) is 9.78 Å². The molecule has 0 aliphatic heterocycles. The van der Waals surface area contributed by atoms with E-state index in [-0.39, 0.29) is 11.3 Å². The molecule has 1 heterocycles. The first-order valence-corrected chi connectivity index (χ1v) is 13.0. The van der Waals surface area contributed by atoms with Crippen LogP contribution in [0.5, 0.6) is 0 Å². The van der Waals surface area contributed by atoms with Gasteiger partial charge in [-0.2, -0.15) is 5.10 Å². The highest BCUT2D eigenvalue weighted by atomic mass is 35.5. The number of carbonyl (C=O) groups is 1. The van der Waals surface area contributed by atoms with Crippen molar-refractivity contribution >= 4 is 17.4 Å². The molecule has 4 fully saturated rings. The smallest absolute Gasteiger partial charge is 0.157 e. The molecule has 8 atom stereocenters. The van der Waals surface area contributed by atoms with Crippen molar-refractivity contribution in [3.8, 4) is 0 Å². The van der Waals surface area contributed by atoms with Crippen LogP contribution in [0.15, 0.2) is 12.4 Å². The Morgan fingerprint density at radius 1 is 1.16 bits per heavy atom. The largest absolute Gasteiger partial charge is 0.390 e. The summed E-state index contributed by atoms with van der Waals surface area (Å²) in [5.74, 6) is 3.39. The number of Topliss-reactive ketones (excluding diaryl/α,β-unsaturated/α-hetero) is 1. The Labute approximate surface area is 192 Å². The van der Waals surface area contributed by atoms with Gasteiger partial charge in [0.25, 0.3) is 0 Å². The average Bonchev–Trinajstić information content (AvgIpc) is 3.29. The maximum absolute atomic E-state index is 13.3. The van der Waals surface area contributed by atoms with E-state index in [0.29, 0.717) is 34.6 Å². The highest BCUT2D eigenvalue weighted by Crippen LogP contribution is 2.69. The van der Waals surface area contributed by atoms with E-state index in [4.69, 9.17) is 11.6 Å². The number of carbonyl (C=O) groups excluding carboxylic acids is 1. The summed E-state index contributed by atoms with van der Waals surface area (Å²) in [5, 5.41) is 15.6. The van der Waals surface area contributed by atoms with Gasteiger partial charge in [0.2, 0.25) is 0 Å². The van der Waals surface area contributed by atoms with Crippen molar-refractivity contribution < 1.29 is 9.90 Å². The number of nitrogens with zero attached hydrogens (tertiary/aromatic N) is 2. The molecule has 0 amide bonds. The molecule has 0 saturated heterocycles. The summed E-state index contributed by atoms with van der Waals surface area (Å²) in [7, 11) is 0. The van der Waals surface area contributed by atoms with Gasteiger partial charge < -0.3 is 5.11 Å². The number of aromatic nitrogens is 2. The molecular weight excluding hydrogens is 408 g/mol. The number of rotatable bonds is 4. The molecule has 0 unspecified atom stereocenters. The Balaban J connectivity index is 1.36. The van der Waals surface area contributed by atoms with Crippen molar-refractivity contribution in [3.05, 3.63) is 17.4 Å². The molecule has 0 bridgehead atoms. The lowest BCUT2D eigenvalue weighted by Gasteiger charge is -2.63. The van der Waals surface area contributed by atoms with Crippen LogP contribution in [-0.4, -0.2) is 26.3 Å². The van der Waals surface area contributed by atoms with Crippen LogP contribution >= 0.6 is 11.6 Å². The van der Waals surface area contributed by atoms with Crippen molar-refractivity contribution in [2.45, 2.75) is 97.1 Å². The SMILES string of the molecule is CC[C@]12CC[C@@](C)(O)C[C@H]1CC[C@H]1[C@@H]3CC[C@H](C(=O)Cn4cc(Cl)cn4)[C@@]3(C)CC[C@@H]12. The third-order valence-corrected chi connectivity index (χ3v) is 10.8. The lowest BCUT2D eigenvalue weighted by Crippen LogP contribution is -2.56. The van der Waals surface area contributed by atoms with Gasteiger partial charge in [-0.1, -0.05) is 25.4 Å². The lowest BCUT2D eigenvalue weighted by atomic mass is 9.42. The highest BCUT2D eigenvalue weighted by molar-refractivity contribution is 6.30. The second kappa shape index (κ2) is 7.58. The van der Waals surface area contributed by atoms with Crippen molar-refractivity contribution in [2.75, 3.05) is 0 Å². The van der Waals surface area contributed by atoms with Crippen LogP contribution in [-0.2, 0) is 11.3 Å². The zero-order valence-corrected chi connectivity index (χ0v) is 20.2. The molecule has 0 spiro atoms. The van der Waals surface area contributed by atoms with Gasteiger partial charge in [-0.15, -0.1) is 0 Å². The summed E-state index contributed by atoms with van der Waals surface area (Å²) in [6.45, 7) is 7.23. The van der Waals surface area contributed by atoms with E-state index in [1.54, 1.807) is 17.1 Å². The molecular formula is C26H39ClN2O2. The van der Waals surface area contributed by atoms with Crippen LogP contribution in [0.2, 0.25) is 5.02 Å². The van der Waals surface area contributed by atoms with Gasteiger partial charge in [0.05, 0.1) is 23.4 Å². The van der Waals surface area contributed by atoms with E-state index in [2.05, 4.69) is 25.9 Å². The van der Waals surface area contributed by atoms with E-state index in [9.17, 15) is 9.90 Å². The van der Waals surface area contributed by atoms with E-state index in [1.807, 2.05) is 0 Å². The van der Waals surface area contributed by atoms with Gasteiger partial charge in [-0.3, -0.25) is 9.48 Å². The molecule has 31 heavy (non-hydrogen) atoms. The van der Waals surface area contributed by atoms with Crippen molar-refractivity contribution in [1.29, 1.82) is 0 Å². The number of fused-ring (bicyclic) bond motifs is 5. The van der Waals surface area contributed by atoms with Gasteiger partial charge in [0.15, 0.2) is 5.78 Å². The molecule has 5 heteroatoms. The van der Waals surface area contributed by atoms with Crippen LogP contribution < -0.4 is 0 Å². The second-order valence-corrected chi connectivity index (χ2v) is 12.4. The summed E-state index contributed by atoms with van der Waals surface area (Å²) < 4.78 is 1.71. The number of hydrogen-bond donors (Lipinski definition) is 1. The summed E-state index contributed by atoms with van der Waals surface area (Å²) in [6.07, 6.45) is 15.0. The Morgan fingerprint density at radius 3 is 2.68 bits per heavy atom. The molecule has 0 aromatic carbocycles. The summed E-state index contributed by atoms with van der Waals surface area (Å²) in [5.41, 5.74) is 0.0805. The van der Waals surface area contributed by atoms with Crippen molar-refractivity contribution in [3.63, 3.8) is 0 Å². The van der Waals surface area contributed by atoms with Gasteiger partial charge in [-0.25, -0.2) is 0 Å². The molecule has 4 saturated carbocycles. The monoisotopic (exact) mass is 446 g/mol. The summed E-state index contributed by atoms with van der Waals surface area (Å²) >= 11 is 6.01. The van der Waals surface area contributed by atoms with Crippen LogP contribution in [0.4, 0.5) is 0 Å². The Bertz CT molecular complexity index is 850. The van der Waals surface area contributed by atoms with Crippen LogP contribution in [0.3, 0.4) is 0 Å². The van der Waals surface area contributed by atoms with Crippen LogP contribution in [0.25, 0.3) is 0 Å². The van der Waals surface area contributed by atoms with E-state index >= 15 is 0 Å². The second-order valence-electron chi connectivity index (χ2n) is 11.9. The first kappa shape index (κ1) is 21.9. The molecule has 1 N–H and O–H groups in total. The average molecular weight is 447 g/mol. The zero-order valence-electron chi connectivity index (χ0n) is 19.4. The fourth-order valence-corrected chi connectivity index (χ4v) is 9.32. The lowest BCUT2D eigenvalue weighted by molar-refractivity contribution is -0.158. The third-order valence-electron chi connectivity index (χ3n) is 10.6. The normalized spacial score (nSPS) is 46.8. The van der Waals surface area contributed by atoms with Crippen LogP contribution in [0, 0.1) is 40.4 Å². The number of ketones is 1. The Kier molecular flexibility index (Phi) is 5.37. The minimum Gasteiger partial charge on any atom is -0.390 e. The minimum absolute atomic E-state index is 0.136. The van der Waals surface area contributed by atoms with E-state index < -0.39 is 5.60 Å². The molecule has 4 aliphatic rings. The maximum Gasteiger partial charge on any atom is 0.157 e. The standard InChI is InChI=1S/C26H39ClN2O2/c1-4-26-12-11-24(2,31)13-17(26)5-6-19-20-7-8-22(25(20,3)10-9-21(19)26)23(30)16-29-15-18(27)14-28-29/h14-15,17,19-22,31H,4-13,16H2,1-3H3/t17-,19+,20+,21+,22-,24-,25+,26+/m1/s1. The molecule has 4 nitrogen and oxygen atoms in total. The van der Waals surface area contributed by atoms with Crippen molar-refractivity contribution in [2.24, 2.45) is 40.4 Å². The Morgan fingerprint density at radius 2 is 1.97 bits per heavy atom. The number of halogens is 1. The van der Waals surface area contributed by atoms with Gasteiger partial charge in [0.1, 0.15) is 0 Å². The van der Waals surface area contributed by atoms with Crippen LogP contribution in [0.1, 0.15) is 85.0 Å². The number of aliphatic hydroxyl groups is 1. The predicted octanol–water partition coefficient (Wildman–Crippen LogP) is 5.91. The highest BCUT2D eigenvalue weighted by Gasteiger charge is 2.62. The molecule has 1 aromatic rings. The summed E-state index contributed by atoms with van der Waals surface area (Å²) in [6, 6.07) is 0. The third kappa shape index (κ3) is 3.42.